The number of likely N-dealkylation sites (tertiary alicyclic amines) is 1. The van der Waals surface area contributed by atoms with E-state index in [1.165, 1.54) is 11.8 Å². The molecule has 2 aliphatic heterocycles. The summed E-state index contributed by atoms with van der Waals surface area (Å²) in [5.74, 6) is 0.272. The third kappa shape index (κ3) is 5.70. The summed E-state index contributed by atoms with van der Waals surface area (Å²) in [6, 6.07) is 8.75. The van der Waals surface area contributed by atoms with Crippen LogP contribution < -0.4 is 9.47 Å². The number of phenolic OH excluding ortho intramolecular Hbond substituents is 1. The molecule has 2 aromatic heterocycles. The summed E-state index contributed by atoms with van der Waals surface area (Å²) < 4.78 is 38.9. The standard InChI is InChI=1S/C27H28F2N4O3S/c1-2-35-24-7-6-20(26(29)32-24)22-16-37-23-12-18(34)4-5-21(23)25(22)17-13-30-27(31-14-17)36-19-8-11-33(15-19)10-3-9-28/h4-7,12-14,19,34H,2-3,8-11,15-16H2,1H3/t19-/m0/s1. The highest BCUT2D eigenvalue weighted by molar-refractivity contribution is 7.99. The molecule has 1 fully saturated rings. The van der Waals surface area contributed by atoms with E-state index in [1.54, 1.807) is 36.7 Å². The van der Waals surface area contributed by atoms with Gasteiger partial charge in [0.2, 0.25) is 11.8 Å². The maximum absolute atomic E-state index is 15.1. The zero-order chi connectivity index (χ0) is 25.8. The van der Waals surface area contributed by atoms with Crippen LogP contribution >= 0.6 is 11.8 Å². The second-order valence-corrected chi connectivity index (χ2v) is 9.89. The Morgan fingerprint density at radius 2 is 1.97 bits per heavy atom. The second kappa shape index (κ2) is 11.4. The molecular formula is C27H28F2N4O3S. The number of ether oxygens (including phenoxy) is 2. The maximum Gasteiger partial charge on any atom is 0.316 e. The summed E-state index contributed by atoms with van der Waals surface area (Å²) in [5.41, 5.74) is 3.48. The molecule has 1 N–H and O–H groups in total. The fourth-order valence-corrected chi connectivity index (χ4v) is 5.80. The first-order chi connectivity index (χ1) is 18.1. The lowest BCUT2D eigenvalue weighted by Crippen LogP contribution is -2.26. The molecule has 0 unspecified atom stereocenters. The highest BCUT2D eigenvalue weighted by Gasteiger charge is 2.27. The van der Waals surface area contributed by atoms with Crippen LogP contribution in [0, 0.1) is 5.95 Å². The summed E-state index contributed by atoms with van der Waals surface area (Å²) in [7, 11) is 0. The van der Waals surface area contributed by atoms with Crippen LogP contribution in [0.1, 0.15) is 36.5 Å². The number of fused-ring (bicyclic) bond motifs is 1. The Kier molecular flexibility index (Phi) is 7.85. The summed E-state index contributed by atoms with van der Waals surface area (Å²) >= 11 is 1.52. The first-order valence-corrected chi connectivity index (χ1v) is 13.3. The monoisotopic (exact) mass is 526 g/mol. The van der Waals surface area contributed by atoms with E-state index in [0.717, 1.165) is 47.7 Å². The van der Waals surface area contributed by atoms with Crippen LogP contribution in [0.15, 0.2) is 47.6 Å². The molecule has 37 heavy (non-hydrogen) atoms. The molecule has 2 aliphatic rings. The number of rotatable bonds is 9. The number of pyridine rings is 1. The fourth-order valence-electron chi connectivity index (χ4n) is 4.67. The van der Waals surface area contributed by atoms with Gasteiger partial charge in [-0.2, -0.15) is 9.37 Å². The first-order valence-electron chi connectivity index (χ1n) is 12.3. The molecule has 0 bridgehead atoms. The maximum atomic E-state index is 15.1. The van der Waals surface area contributed by atoms with Gasteiger partial charge in [0.1, 0.15) is 11.9 Å². The summed E-state index contributed by atoms with van der Waals surface area (Å²) in [4.78, 5) is 16.0. The lowest BCUT2D eigenvalue weighted by atomic mass is 9.91. The minimum absolute atomic E-state index is 0.0426. The van der Waals surface area contributed by atoms with Crippen molar-refractivity contribution in [2.45, 2.75) is 30.8 Å². The van der Waals surface area contributed by atoms with Gasteiger partial charge in [0.25, 0.3) is 0 Å². The molecule has 194 valence electrons. The summed E-state index contributed by atoms with van der Waals surface area (Å²) in [6.45, 7) is 4.20. The molecule has 4 heterocycles. The van der Waals surface area contributed by atoms with Crippen LogP contribution in [0.25, 0.3) is 11.1 Å². The molecule has 3 aromatic rings. The van der Waals surface area contributed by atoms with E-state index in [0.29, 0.717) is 29.9 Å². The predicted octanol–water partition coefficient (Wildman–Crippen LogP) is 4.99. The third-order valence-corrected chi connectivity index (χ3v) is 7.46. The van der Waals surface area contributed by atoms with Crippen LogP contribution in [-0.4, -0.2) is 69.7 Å². The zero-order valence-electron chi connectivity index (χ0n) is 20.5. The van der Waals surface area contributed by atoms with Crippen molar-refractivity contribution < 1.29 is 23.4 Å². The second-order valence-electron chi connectivity index (χ2n) is 8.87. The highest BCUT2D eigenvalue weighted by atomic mass is 32.2. The van der Waals surface area contributed by atoms with Gasteiger partial charge < -0.3 is 14.6 Å². The van der Waals surface area contributed by atoms with Crippen LogP contribution in [0.5, 0.6) is 17.6 Å². The van der Waals surface area contributed by atoms with Crippen molar-refractivity contribution in [1.29, 1.82) is 0 Å². The Bertz CT molecular complexity index is 1290. The van der Waals surface area contributed by atoms with E-state index in [9.17, 15) is 9.50 Å². The van der Waals surface area contributed by atoms with E-state index < -0.39 is 5.95 Å². The lowest BCUT2D eigenvalue weighted by Gasteiger charge is -2.24. The normalized spacial score (nSPS) is 17.6. The third-order valence-electron chi connectivity index (χ3n) is 6.37. The van der Waals surface area contributed by atoms with Gasteiger partial charge in [0.15, 0.2) is 0 Å². The number of hydrogen-bond donors (Lipinski definition) is 1. The average Bonchev–Trinajstić information content (AvgIpc) is 3.35. The molecule has 5 rings (SSSR count). The molecule has 0 amide bonds. The number of halogens is 2. The van der Waals surface area contributed by atoms with Gasteiger partial charge in [-0.3, -0.25) is 9.29 Å². The minimum Gasteiger partial charge on any atom is -0.508 e. The molecule has 0 saturated carbocycles. The number of thioether (sulfide) groups is 1. The average molecular weight is 527 g/mol. The van der Waals surface area contributed by atoms with Crippen LogP contribution in [-0.2, 0) is 0 Å². The highest BCUT2D eigenvalue weighted by Crippen LogP contribution is 2.45. The van der Waals surface area contributed by atoms with Gasteiger partial charge in [-0.25, -0.2) is 9.97 Å². The predicted molar refractivity (Wildman–Crippen MR) is 138 cm³/mol. The number of hydrogen-bond acceptors (Lipinski definition) is 8. The number of aromatic hydroxyl groups is 1. The molecule has 1 saturated heterocycles. The van der Waals surface area contributed by atoms with E-state index in [2.05, 4.69) is 19.9 Å². The summed E-state index contributed by atoms with van der Waals surface area (Å²) in [5, 5.41) is 10.0. The Labute approximate surface area is 218 Å². The van der Waals surface area contributed by atoms with Gasteiger partial charge in [0.05, 0.1) is 13.3 Å². The van der Waals surface area contributed by atoms with Gasteiger partial charge >= 0.3 is 6.01 Å². The van der Waals surface area contributed by atoms with E-state index in [-0.39, 0.29) is 30.4 Å². The quantitative estimate of drug-likeness (QED) is 0.391. The zero-order valence-corrected chi connectivity index (χ0v) is 21.3. The molecule has 0 aliphatic carbocycles. The minimum atomic E-state index is -0.610. The summed E-state index contributed by atoms with van der Waals surface area (Å²) in [6.07, 6.45) is 4.68. The first kappa shape index (κ1) is 25.4. The van der Waals surface area contributed by atoms with E-state index in [4.69, 9.17) is 9.47 Å². The lowest BCUT2D eigenvalue weighted by molar-refractivity contribution is 0.183. The van der Waals surface area contributed by atoms with Crippen molar-refractivity contribution in [1.82, 2.24) is 19.9 Å². The molecule has 10 heteroatoms. The molecule has 7 nitrogen and oxygen atoms in total. The van der Waals surface area contributed by atoms with E-state index in [1.807, 2.05) is 13.0 Å². The Balaban J connectivity index is 1.46. The van der Waals surface area contributed by atoms with Crippen molar-refractivity contribution in [2.75, 3.05) is 38.7 Å². The SMILES string of the molecule is CCOc1ccc(C2=C(c3cnc(O[C@H]4CCN(CCCF)C4)nc3)c3ccc(O)cc3SC2)c(F)n1. The molecule has 1 aromatic carbocycles. The van der Waals surface area contributed by atoms with Gasteiger partial charge in [-0.05, 0) is 60.7 Å². The fraction of sp³-hybridized carbons (Fsp3) is 0.370. The van der Waals surface area contributed by atoms with Crippen molar-refractivity contribution in [3.8, 4) is 17.6 Å². The van der Waals surface area contributed by atoms with Crippen molar-refractivity contribution >= 4 is 22.9 Å². The molecule has 0 spiro atoms. The topological polar surface area (TPSA) is 80.6 Å². The number of benzene rings is 1. The Morgan fingerprint density at radius 1 is 1.16 bits per heavy atom. The smallest absolute Gasteiger partial charge is 0.316 e. The number of aromatic nitrogens is 3. The van der Waals surface area contributed by atoms with Gasteiger partial charge in [-0.1, -0.05) is 0 Å². The Hall–Kier alpha value is -3.24. The van der Waals surface area contributed by atoms with Gasteiger partial charge in [-0.15, -0.1) is 11.8 Å². The van der Waals surface area contributed by atoms with Crippen molar-refractivity contribution in [3.05, 3.63) is 65.4 Å². The van der Waals surface area contributed by atoms with Crippen LogP contribution in [0.2, 0.25) is 0 Å². The number of alkyl halides is 1. The van der Waals surface area contributed by atoms with Crippen molar-refractivity contribution in [2.24, 2.45) is 0 Å². The molecular weight excluding hydrogens is 498 g/mol. The molecule has 1 atom stereocenters. The number of phenols is 1. The van der Waals surface area contributed by atoms with Crippen LogP contribution in [0.4, 0.5) is 8.78 Å². The van der Waals surface area contributed by atoms with Crippen LogP contribution in [0.3, 0.4) is 0 Å². The molecule has 0 radical (unpaired) electrons. The van der Waals surface area contributed by atoms with Crippen molar-refractivity contribution in [3.63, 3.8) is 0 Å². The Morgan fingerprint density at radius 3 is 2.73 bits per heavy atom. The number of nitrogens with zero attached hydrogens (tertiary/aromatic N) is 4. The van der Waals surface area contributed by atoms with Gasteiger partial charge in [0, 0.05) is 59.9 Å². The largest absolute Gasteiger partial charge is 0.508 e. The van der Waals surface area contributed by atoms with E-state index >= 15 is 4.39 Å².